The molecule has 0 aliphatic carbocycles. The van der Waals surface area contributed by atoms with Gasteiger partial charge in [0.1, 0.15) is 11.5 Å². The molecule has 32 heavy (non-hydrogen) atoms. The van der Waals surface area contributed by atoms with Crippen molar-refractivity contribution in [1.82, 2.24) is 9.80 Å². The Balaban J connectivity index is 0.000000534. The maximum absolute atomic E-state index is 9.10. The summed E-state index contributed by atoms with van der Waals surface area (Å²) in [5.41, 5.74) is 2.62. The molecule has 2 aromatic rings. The van der Waals surface area contributed by atoms with E-state index in [1.54, 1.807) is 14.2 Å². The topological polar surface area (TPSA) is 99.5 Å². The first kappa shape index (κ1) is 25.2. The van der Waals surface area contributed by atoms with Crippen LogP contribution in [0.2, 0.25) is 0 Å². The second kappa shape index (κ2) is 12.7. The second-order valence-electron chi connectivity index (χ2n) is 7.70. The molecular weight excluding hydrogens is 412 g/mol. The molecule has 0 spiro atoms. The van der Waals surface area contributed by atoms with Crippen LogP contribution in [0, 0.1) is 0 Å². The van der Waals surface area contributed by atoms with Gasteiger partial charge in [-0.15, -0.1) is 0 Å². The van der Waals surface area contributed by atoms with Gasteiger partial charge in [-0.1, -0.05) is 36.4 Å². The number of hydrogen-bond donors (Lipinski definition) is 2. The molecule has 8 heteroatoms. The number of rotatable bonds is 7. The van der Waals surface area contributed by atoms with Gasteiger partial charge >= 0.3 is 11.9 Å². The van der Waals surface area contributed by atoms with Gasteiger partial charge in [-0.3, -0.25) is 9.80 Å². The summed E-state index contributed by atoms with van der Waals surface area (Å²) < 4.78 is 10.8. The Morgan fingerprint density at radius 2 is 1.62 bits per heavy atom. The van der Waals surface area contributed by atoms with Gasteiger partial charge in [0.05, 0.1) is 14.2 Å². The Bertz CT molecular complexity index is 854. The molecule has 1 heterocycles. The van der Waals surface area contributed by atoms with Crippen LogP contribution in [0.25, 0.3) is 0 Å². The lowest BCUT2D eigenvalue weighted by atomic mass is 10.0. The molecule has 0 saturated carbocycles. The molecule has 8 nitrogen and oxygen atoms in total. The van der Waals surface area contributed by atoms with E-state index in [9.17, 15) is 0 Å². The van der Waals surface area contributed by atoms with E-state index < -0.39 is 11.9 Å². The lowest BCUT2D eigenvalue weighted by Crippen LogP contribution is -2.42. The van der Waals surface area contributed by atoms with Crippen LogP contribution in [0.1, 0.15) is 24.0 Å². The monoisotopic (exact) mass is 444 g/mol. The summed E-state index contributed by atoms with van der Waals surface area (Å²) in [5, 5.41) is 14.8. The number of ether oxygens (including phenoxy) is 2. The van der Waals surface area contributed by atoms with Crippen molar-refractivity contribution in [3.8, 4) is 11.5 Å². The van der Waals surface area contributed by atoms with Crippen LogP contribution in [-0.2, 0) is 22.7 Å². The summed E-state index contributed by atoms with van der Waals surface area (Å²) in [6.07, 6.45) is 2.42. The highest BCUT2D eigenvalue weighted by molar-refractivity contribution is 6.27. The summed E-state index contributed by atoms with van der Waals surface area (Å²) in [6.45, 7) is 4.21. The van der Waals surface area contributed by atoms with E-state index >= 15 is 0 Å². The number of carboxylic acids is 2. The van der Waals surface area contributed by atoms with Crippen LogP contribution >= 0.6 is 0 Å². The van der Waals surface area contributed by atoms with Crippen molar-refractivity contribution >= 4 is 11.9 Å². The van der Waals surface area contributed by atoms with Crippen LogP contribution in [0.15, 0.2) is 48.5 Å². The third-order valence-corrected chi connectivity index (χ3v) is 5.53. The fraction of sp³-hybridized carbons (Fsp3) is 0.417. The van der Waals surface area contributed by atoms with E-state index in [2.05, 4.69) is 53.2 Å². The Kier molecular flexibility index (Phi) is 9.97. The van der Waals surface area contributed by atoms with E-state index in [4.69, 9.17) is 29.3 Å². The lowest BCUT2D eigenvalue weighted by molar-refractivity contribution is -0.159. The average molecular weight is 445 g/mol. The number of nitrogens with zero attached hydrogens (tertiary/aromatic N) is 2. The van der Waals surface area contributed by atoms with Gasteiger partial charge in [0.25, 0.3) is 0 Å². The molecule has 0 bridgehead atoms. The average Bonchev–Trinajstić information content (AvgIpc) is 2.80. The Labute approximate surface area is 189 Å². The van der Waals surface area contributed by atoms with E-state index in [0.717, 1.165) is 37.7 Å². The molecule has 0 amide bonds. The van der Waals surface area contributed by atoms with Crippen LogP contribution < -0.4 is 9.47 Å². The highest BCUT2D eigenvalue weighted by atomic mass is 16.5. The number of aliphatic carboxylic acids is 2. The number of hydrogen-bond acceptors (Lipinski definition) is 6. The van der Waals surface area contributed by atoms with Gasteiger partial charge in [0.15, 0.2) is 0 Å². The van der Waals surface area contributed by atoms with Crippen LogP contribution in [0.5, 0.6) is 11.5 Å². The second-order valence-corrected chi connectivity index (χ2v) is 7.70. The Hall–Kier alpha value is -3.10. The molecule has 3 rings (SSSR count). The molecule has 1 aliphatic heterocycles. The van der Waals surface area contributed by atoms with Crippen molar-refractivity contribution in [3.05, 3.63) is 59.7 Å². The van der Waals surface area contributed by atoms with E-state index in [1.165, 1.54) is 24.0 Å². The van der Waals surface area contributed by atoms with Crippen LogP contribution in [-0.4, -0.2) is 72.4 Å². The van der Waals surface area contributed by atoms with E-state index in [1.807, 2.05) is 12.1 Å². The van der Waals surface area contributed by atoms with Crippen molar-refractivity contribution < 1.29 is 29.3 Å². The van der Waals surface area contributed by atoms with Crippen molar-refractivity contribution in [3.63, 3.8) is 0 Å². The van der Waals surface area contributed by atoms with Gasteiger partial charge in [-0.25, -0.2) is 9.59 Å². The predicted octanol–water partition coefficient (Wildman–Crippen LogP) is 2.96. The van der Waals surface area contributed by atoms with Crippen LogP contribution in [0.3, 0.4) is 0 Å². The molecule has 1 saturated heterocycles. The number of benzene rings is 2. The third kappa shape index (κ3) is 7.86. The summed E-state index contributed by atoms with van der Waals surface area (Å²) in [7, 11) is 5.66. The first-order valence-corrected chi connectivity index (χ1v) is 10.5. The molecular formula is C24H32N2O6. The molecule has 1 aliphatic rings. The highest BCUT2D eigenvalue weighted by Crippen LogP contribution is 2.27. The van der Waals surface area contributed by atoms with Crippen molar-refractivity contribution in [2.24, 2.45) is 0 Å². The number of carbonyl (C=O) groups is 2. The lowest BCUT2D eigenvalue weighted by Gasteiger charge is -2.37. The zero-order valence-electron chi connectivity index (χ0n) is 18.9. The fourth-order valence-electron chi connectivity index (χ4n) is 3.74. The normalized spacial score (nSPS) is 14.4. The minimum atomic E-state index is -1.82. The predicted molar refractivity (Wildman–Crippen MR) is 121 cm³/mol. The molecule has 174 valence electrons. The Morgan fingerprint density at radius 3 is 2.16 bits per heavy atom. The molecule has 2 N–H and O–H groups in total. The molecule has 0 atom stereocenters. The maximum Gasteiger partial charge on any atom is 0.414 e. The summed E-state index contributed by atoms with van der Waals surface area (Å²) >= 11 is 0. The van der Waals surface area contributed by atoms with Gasteiger partial charge in [-0.05, 0) is 44.6 Å². The van der Waals surface area contributed by atoms with Crippen molar-refractivity contribution in [1.29, 1.82) is 0 Å². The third-order valence-electron chi connectivity index (χ3n) is 5.53. The number of carboxylic acid groups (broad SMARTS) is 2. The SMILES string of the molecule is COc1ccc(CN2CCC(N(C)Cc3ccccc3)CC2)c(OC)c1.O=C(O)C(=O)O. The molecule has 2 aromatic carbocycles. The van der Waals surface area contributed by atoms with Gasteiger partial charge in [-0.2, -0.15) is 0 Å². The molecule has 0 aromatic heterocycles. The van der Waals surface area contributed by atoms with Crippen molar-refractivity contribution in [2.45, 2.75) is 32.0 Å². The van der Waals surface area contributed by atoms with Gasteiger partial charge < -0.3 is 19.7 Å². The minimum Gasteiger partial charge on any atom is -0.497 e. The van der Waals surface area contributed by atoms with Gasteiger partial charge in [0.2, 0.25) is 0 Å². The quantitative estimate of drug-likeness (QED) is 0.629. The first-order chi connectivity index (χ1) is 15.3. The van der Waals surface area contributed by atoms with Crippen LogP contribution in [0.4, 0.5) is 0 Å². The molecule has 0 radical (unpaired) electrons. The number of methoxy groups -OCH3 is 2. The Morgan fingerprint density at radius 1 is 1.00 bits per heavy atom. The fourth-order valence-corrected chi connectivity index (χ4v) is 3.74. The van der Waals surface area contributed by atoms with E-state index in [0.29, 0.717) is 6.04 Å². The number of likely N-dealkylation sites (tertiary alicyclic amines) is 1. The van der Waals surface area contributed by atoms with E-state index in [-0.39, 0.29) is 0 Å². The smallest absolute Gasteiger partial charge is 0.414 e. The van der Waals surface area contributed by atoms with Gasteiger partial charge in [0, 0.05) is 30.8 Å². The highest BCUT2D eigenvalue weighted by Gasteiger charge is 2.23. The first-order valence-electron chi connectivity index (χ1n) is 10.5. The largest absolute Gasteiger partial charge is 0.497 e. The molecule has 1 fully saturated rings. The standard InChI is InChI=1S/C22H30N2O2.C2H2O4/c1-23(16-18-7-5-4-6-8-18)20-11-13-24(14-12-20)17-19-9-10-21(25-2)15-22(19)26-3;3-1(4)2(5)6/h4-10,15,20H,11-14,16-17H2,1-3H3;(H,3,4)(H,5,6). The van der Waals surface area contributed by atoms with Crippen molar-refractivity contribution in [2.75, 3.05) is 34.4 Å². The zero-order valence-corrected chi connectivity index (χ0v) is 18.9. The summed E-state index contributed by atoms with van der Waals surface area (Å²) in [6, 6.07) is 17.5. The summed E-state index contributed by atoms with van der Waals surface area (Å²) in [5.74, 6) is -1.90. The number of piperidine rings is 1. The summed E-state index contributed by atoms with van der Waals surface area (Å²) in [4.78, 5) is 23.2. The molecule has 0 unspecified atom stereocenters. The maximum atomic E-state index is 9.10. The zero-order chi connectivity index (χ0) is 23.5. The minimum absolute atomic E-state index is 0.657.